The molecule has 1 nitrogen and oxygen atoms in total. The van der Waals surface area contributed by atoms with Crippen LogP contribution in [0.4, 0.5) is 74.6 Å². The first kappa shape index (κ1) is 30.5. The Morgan fingerprint density at radius 2 is 0.848 bits per heavy atom. The van der Waals surface area contributed by atoms with E-state index in [0.29, 0.717) is 0 Å². The topological polar surface area (TPSA) is 9.23 Å². The Morgan fingerprint density at radius 1 is 0.515 bits per heavy atom. The lowest BCUT2D eigenvalue weighted by Gasteiger charge is -2.43. The van der Waals surface area contributed by atoms with Crippen LogP contribution >= 0.6 is 22.6 Å². The first-order chi connectivity index (χ1) is 14.3. The van der Waals surface area contributed by atoms with Crippen LogP contribution in [0.1, 0.15) is 6.42 Å². The van der Waals surface area contributed by atoms with E-state index in [2.05, 4.69) is 4.74 Å². The first-order valence-electron chi connectivity index (χ1n) is 8.13. The Balaban J connectivity index is 3.50. The van der Waals surface area contributed by atoms with Gasteiger partial charge < -0.3 is 4.74 Å². The van der Waals surface area contributed by atoms with Crippen molar-refractivity contribution in [2.24, 2.45) is 11.8 Å². The molecule has 0 N–H and O–H groups in total. The third-order valence-electron chi connectivity index (χ3n) is 4.83. The highest BCUT2D eigenvalue weighted by Gasteiger charge is 2.95. The van der Waals surface area contributed by atoms with Crippen molar-refractivity contribution in [2.45, 2.75) is 54.1 Å². The lowest BCUT2D eigenvalue weighted by Crippen LogP contribution is -2.74. The van der Waals surface area contributed by atoms with Gasteiger partial charge in [0.05, 0.1) is 6.61 Å². The zero-order valence-electron chi connectivity index (χ0n) is 15.2. The van der Waals surface area contributed by atoms with Crippen LogP contribution in [-0.2, 0) is 4.74 Å². The Labute approximate surface area is 186 Å². The Kier molecular flexibility index (Phi) is 7.92. The Hall–Kier alpha value is -0.500. The molecular formula is C14H10F17IO. The average Bonchev–Trinajstić information content (AvgIpc) is 3.06. The third kappa shape index (κ3) is 4.34. The molecule has 2 atom stereocenters. The summed E-state index contributed by atoms with van der Waals surface area (Å²) in [5.74, 6) is -58.7. The smallest absolute Gasteiger partial charge is 0.381 e. The molecule has 1 fully saturated rings. The van der Waals surface area contributed by atoms with Crippen molar-refractivity contribution in [1.29, 1.82) is 0 Å². The van der Waals surface area contributed by atoms with Crippen LogP contribution in [-0.4, -0.2) is 65.3 Å². The highest BCUT2D eigenvalue weighted by atomic mass is 127. The summed E-state index contributed by atoms with van der Waals surface area (Å²) in [7, 11) is 0. The van der Waals surface area contributed by atoms with Gasteiger partial charge in [-0.25, -0.2) is 0 Å². The summed E-state index contributed by atoms with van der Waals surface area (Å²) in [6.45, 7) is -1.17. The van der Waals surface area contributed by atoms with E-state index >= 15 is 0 Å². The van der Waals surface area contributed by atoms with Crippen LogP contribution in [0.5, 0.6) is 0 Å². The monoisotopic (exact) mass is 644 g/mol. The van der Waals surface area contributed by atoms with Gasteiger partial charge in [0, 0.05) is 17.5 Å². The molecule has 0 aromatic heterocycles. The molecule has 198 valence electrons. The van der Waals surface area contributed by atoms with Crippen LogP contribution in [0.15, 0.2) is 0 Å². The molecule has 0 unspecified atom stereocenters. The van der Waals surface area contributed by atoms with Gasteiger partial charge in [-0.2, -0.15) is 74.6 Å². The molecule has 0 aromatic rings. The minimum absolute atomic E-state index is 0.118. The maximum atomic E-state index is 13.9. The van der Waals surface area contributed by atoms with Crippen LogP contribution < -0.4 is 0 Å². The third-order valence-corrected chi connectivity index (χ3v) is 5.97. The molecular weight excluding hydrogens is 634 g/mol. The second-order valence-corrected chi connectivity index (χ2v) is 7.95. The second-order valence-electron chi connectivity index (χ2n) is 7.06. The number of hydrogen-bond acceptors (Lipinski definition) is 1. The molecule has 0 saturated carbocycles. The van der Waals surface area contributed by atoms with Crippen molar-refractivity contribution in [2.75, 3.05) is 17.6 Å². The standard InChI is InChI=1S/C14H10F17IO/c15-7(16,1-5-3-33-4-6(5)2-32)8(17,18)9(19,20)10(21,22)11(23,24)12(25,26)13(27,28)14(29,30)31/h5-6H,1-4H2/t5-,6+/m0/s1. The molecule has 1 saturated heterocycles. The predicted molar refractivity (Wildman–Crippen MR) is 82.0 cm³/mol. The first-order valence-corrected chi connectivity index (χ1v) is 9.65. The summed E-state index contributed by atoms with van der Waals surface area (Å²) in [5, 5.41) is 0. The molecule has 0 bridgehead atoms. The van der Waals surface area contributed by atoms with Gasteiger partial charge in [0.1, 0.15) is 0 Å². The van der Waals surface area contributed by atoms with Gasteiger partial charge in [0.15, 0.2) is 0 Å². The van der Waals surface area contributed by atoms with Gasteiger partial charge in [0.2, 0.25) is 0 Å². The highest BCUT2D eigenvalue weighted by molar-refractivity contribution is 14.1. The fourth-order valence-corrected chi connectivity index (χ4v) is 3.67. The van der Waals surface area contributed by atoms with E-state index in [9.17, 15) is 74.6 Å². The van der Waals surface area contributed by atoms with E-state index in [1.807, 2.05) is 0 Å². The zero-order chi connectivity index (χ0) is 26.7. The lowest BCUT2D eigenvalue weighted by molar-refractivity contribution is -0.462. The minimum Gasteiger partial charge on any atom is -0.381 e. The summed E-state index contributed by atoms with van der Waals surface area (Å²) in [5.41, 5.74) is 0. The van der Waals surface area contributed by atoms with Crippen LogP contribution in [0.3, 0.4) is 0 Å². The Morgan fingerprint density at radius 3 is 1.21 bits per heavy atom. The number of hydrogen-bond donors (Lipinski definition) is 0. The molecule has 0 aromatic carbocycles. The van der Waals surface area contributed by atoms with E-state index < -0.39 is 72.5 Å². The SMILES string of the molecule is FC(F)(F)C(F)(F)C(F)(F)C(F)(F)C(F)(F)C(F)(F)C(F)(F)C(F)(F)C[C@H]1COC[C@H]1CI. The molecule has 0 aliphatic carbocycles. The quantitative estimate of drug-likeness (QED) is 0.148. The van der Waals surface area contributed by atoms with Crippen molar-refractivity contribution >= 4 is 22.6 Å². The largest absolute Gasteiger partial charge is 0.460 e. The van der Waals surface area contributed by atoms with Gasteiger partial charge in [-0.1, -0.05) is 22.6 Å². The molecule has 19 heteroatoms. The number of ether oxygens (including phenoxy) is 1. The summed E-state index contributed by atoms with van der Waals surface area (Å²) in [6.07, 6.45) is -10.2. The number of alkyl halides is 18. The van der Waals surface area contributed by atoms with Crippen molar-refractivity contribution in [3.63, 3.8) is 0 Å². The zero-order valence-corrected chi connectivity index (χ0v) is 17.4. The van der Waals surface area contributed by atoms with Crippen molar-refractivity contribution < 1.29 is 79.4 Å². The molecule has 1 heterocycles. The minimum atomic E-state index is -8.59. The van der Waals surface area contributed by atoms with Crippen LogP contribution in [0.25, 0.3) is 0 Å². The molecule has 1 aliphatic rings. The van der Waals surface area contributed by atoms with E-state index in [0.717, 1.165) is 0 Å². The van der Waals surface area contributed by atoms with Gasteiger partial charge in [0.25, 0.3) is 0 Å². The van der Waals surface area contributed by atoms with Crippen LogP contribution in [0.2, 0.25) is 0 Å². The fourth-order valence-electron chi connectivity index (χ4n) is 2.69. The Bertz CT molecular complexity index is 700. The number of halogens is 18. The molecule has 0 radical (unpaired) electrons. The normalized spacial score (nSPS) is 22.7. The number of rotatable bonds is 9. The van der Waals surface area contributed by atoms with E-state index in [1.165, 1.54) is 22.6 Å². The molecule has 1 rings (SSSR count). The van der Waals surface area contributed by atoms with Crippen molar-refractivity contribution in [1.82, 2.24) is 0 Å². The summed E-state index contributed by atoms with van der Waals surface area (Å²) >= 11 is 1.51. The lowest BCUT2D eigenvalue weighted by atomic mass is 9.84. The predicted octanol–water partition coefficient (Wildman–Crippen LogP) is 7.08. The highest BCUT2D eigenvalue weighted by Crippen LogP contribution is 2.64. The second kappa shape index (κ2) is 8.56. The van der Waals surface area contributed by atoms with Gasteiger partial charge in [-0.3, -0.25) is 0 Å². The fraction of sp³-hybridized carbons (Fsp3) is 1.00. The van der Waals surface area contributed by atoms with E-state index in [4.69, 9.17) is 0 Å². The van der Waals surface area contributed by atoms with Crippen molar-refractivity contribution in [3.8, 4) is 0 Å². The van der Waals surface area contributed by atoms with Crippen LogP contribution in [0, 0.1) is 11.8 Å². The van der Waals surface area contributed by atoms with Gasteiger partial charge in [-0.05, 0) is 11.8 Å². The van der Waals surface area contributed by atoms with E-state index in [-0.39, 0.29) is 11.0 Å². The maximum absolute atomic E-state index is 13.9. The van der Waals surface area contributed by atoms with Gasteiger partial charge in [-0.15, -0.1) is 0 Å². The summed E-state index contributed by atoms with van der Waals surface area (Å²) in [4.78, 5) is 0. The average molecular weight is 644 g/mol. The van der Waals surface area contributed by atoms with E-state index in [1.54, 1.807) is 0 Å². The molecule has 33 heavy (non-hydrogen) atoms. The molecule has 0 spiro atoms. The van der Waals surface area contributed by atoms with Gasteiger partial charge >= 0.3 is 47.6 Å². The molecule has 0 amide bonds. The van der Waals surface area contributed by atoms with Crippen molar-refractivity contribution in [3.05, 3.63) is 0 Å². The summed E-state index contributed by atoms with van der Waals surface area (Å²) < 4.78 is 229. The molecule has 1 aliphatic heterocycles. The maximum Gasteiger partial charge on any atom is 0.460 e. The summed E-state index contributed by atoms with van der Waals surface area (Å²) in [6, 6.07) is 0.